The lowest BCUT2D eigenvalue weighted by atomic mass is 9.79. The van der Waals surface area contributed by atoms with Gasteiger partial charge in [-0.25, -0.2) is 0 Å². The third kappa shape index (κ3) is 3.03. The van der Waals surface area contributed by atoms with Crippen molar-refractivity contribution in [3.63, 3.8) is 0 Å². The third-order valence-electron chi connectivity index (χ3n) is 4.89. The highest BCUT2D eigenvalue weighted by molar-refractivity contribution is 6.30. The molecule has 23 heavy (non-hydrogen) atoms. The van der Waals surface area contributed by atoms with E-state index >= 15 is 0 Å². The lowest BCUT2D eigenvalue weighted by Crippen LogP contribution is -2.48. The summed E-state index contributed by atoms with van der Waals surface area (Å²) in [5.74, 6) is -2.93. The van der Waals surface area contributed by atoms with E-state index in [2.05, 4.69) is 10.9 Å². The van der Waals surface area contributed by atoms with E-state index in [9.17, 15) is 19.5 Å². The van der Waals surface area contributed by atoms with Crippen LogP contribution in [0.2, 0.25) is 5.02 Å². The van der Waals surface area contributed by atoms with Gasteiger partial charge in [0.15, 0.2) is 0 Å². The van der Waals surface area contributed by atoms with E-state index in [1.54, 1.807) is 18.2 Å². The fourth-order valence-electron chi connectivity index (χ4n) is 3.93. The molecule has 2 saturated carbocycles. The standard InChI is InChI=1S/C16H17ClN2O4/c17-11-3-1-2-10(7-11)14(20)18-19-15(21)12-8-4-5-9(6-8)13(12)16(22)23/h1-3,7-9,12-13H,4-6H2,(H,18,20)(H,19,21)(H,22,23)/t8-,9-,12-,13+/m0/s1. The first kappa shape index (κ1) is 15.8. The second-order valence-corrected chi connectivity index (χ2v) is 6.61. The maximum Gasteiger partial charge on any atom is 0.307 e. The van der Waals surface area contributed by atoms with Crippen LogP contribution in [0.5, 0.6) is 0 Å². The topological polar surface area (TPSA) is 95.5 Å². The Balaban J connectivity index is 1.63. The van der Waals surface area contributed by atoms with Crippen molar-refractivity contribution in [1.29, 1.82) is 0 Å². The summed E-state index contributed by atoms with van der Waals surface area (Å²) in [5, 5.41) is 9.78. The van der Waals surface area contributed by atoms with E-state index < -0.39 is 29.6 Å². The Morgan fingerprint density at radius 2 is 1.78 bits per heavy atom. The Labute approximate surface area is 138 Å². The van der Waals surface area contributed by atoms with Crippen LogP contribution in [0.3, 0.4) is 0 Å². The van der Waals surface area contributed by atoms with Crippen molar-refractivity contribution in [2.24, 2.45) is 23.7 Å². The molecule has 3 rings (SSSR count). The summed E-state index contributed by atoms with van der Waals surface area (Å²) in [6, 6.07) is 6.34. The molecule has 0 aliphatic heterocycles. The minimum atomic E-state index is -0.932. The van der Waals surface area contributed by atoms with Crippen LogP contribution in [0.1, 0.15) is 29.6 Å². The Morgan fingerprint density at radius 3 is 2.43 bits per heavy atom. The van der Waals surface area contributed by atoms with Gasteiger partial charge in [-0.15, -0.1) is 0 Å². The van der Waals surface area contributed by atoms with Gasteiger partial charge in [-0.1, -0.05) is 17.7 Å². The van der Waals surface area contributed by atoms with Gasteiger partial charge in [0, 0.05) is 10.6 Å². The average molecular weight is 337 g/mol. The first-order chi connectivity index (χ1) is 11.0. The predicted octanol–water partition coefficient (Wildman–Crippen LogP) is 1.85. The van der Waals surface area contributed by atoms with Crippen LogP contribution in [-0.2, 0) is 9.59 Å². The number of hydrogen-bond donors (Lipinski definition) is 3. The fraction of sp³-hybridized carbons (Fsp3) is 0.438. The van der Waals surface area contributed by atoms with Crippen LogP contribution >= 0.6 is 11.6 Å². The highest BCUT2D eigenvalue weighted by atomic mass is 35.5. The molecule has 0 heterocycles. The van der Waals surface area contributed by atoms with Crippen molar-refractivity contribution in [3.8, 4) is 0 Å². The van der Waals surface area contributed by atoms with Gasteiger partial charge >= 0.3 is 5.97 Å². The monoisotopic (exact) mass is 336 g/mol. The van der Waals surface area contributed by atoms with Gasteiger partial charge in [0.2, 0.25) is 5.91 Å². The number of carboxylic acids is 1. The number of amides is 2. The number of hydrogen-bond acceptors (Lipinski definition) is 3. The number of fused-ring (bicyclic) bond motifs is 2. The van der Waals surface area contributed by atoms with Crippen molar-refractivity contribution in [3.05, 3.63) is 34.9 Å². The maximum absolute atomic E-state index is 12.3. The number of nitrogens with one attached hydrogen (secondary N) is 2. The average Bonchev–Trinajstić information content (AvgIpc) is 3.13. The summed E-state index contributed by atoms with van der Waals surface area (Å²) in [7, 11) is 0. The van der Waals surface area contributed by atoms with Crippen LogP contribution in [0, 0.1) is 23.7 Å². The molecule has 2 aliphatic carbocycles. The molecule has 0 aromatic heterocycles. The van der Waals surface area contributed by atoms with Crippen molar-refractivity contribution >= 4 is 29.4 Å². The van der Waals surface area contributed by atoms with E-state index in [0.717, 1.165) is 19.3 Å². The maximum atomic E-state index is 12.3. The lowest BCUT2D eigenvalue weighted by Gasteiger charge is -2.26. The van der Waals surface area contributed by atoms with E-state index in [1.165, 1.54) is 6.07 Å². The lowest BCUT2D eigenvalue weighted by molar-refractivity contribution is -0.149. The fourth-order valence-corrected chi connectivity index (χ4v) is 4.12. The first-order valence-corrected chi connectivity index (χ1v) is 7.93. The number of rotatable bonds is 3. The van der Waals surface area contributed by atoms with E-state index in [1.807, 2.05) is 0 Å². The van der Waals surface area contributed by atoms with Gasteiger partial charge < -0.3 is 5.11 Å². The van der Waals surface area contributed by atoms with Crippen molar-refractivity contribution < 1.29 is 19.5 Å². The zero-order chi connectivity index (χ0) is 16.6. The van der Waals surface area contributed by atoms with E-state index in [-0.39, 0.29) is 11.8 Å². The van der Waals surface area contributed by atoms with E-state index in [4.69, 9.17) is 11.6 Å². The zero-order valence-corrected chi connectivity index (χ0v) is 13.0. The highest BCUT2D eigenvalue weighted by Crippen LogP contribution is 2.52. The van der Waals surface area contributed by atoms with Crippen molar-refractivity contribution in [2.45, 2.75) is 19.3 Å². The Morgan fingerprint density at radius 1 is 1.09 bits per heavy atom. The third-order valence-corrected chi connectivity index (χ3v) is 5.13. The highest BCUT2D eigenvalue weighted by Gasteiger charge is 2.54. The molecule has 0 saturated heterocycles. The summed E-state index contributed by atoms with van der Waals surface area (Å²) in [6.45, 7) is 0. The molecule has 2 bridgehead atoms. The number of aliphatic carboxylic acids is 1. The molecule has 2 fully saturated rings. The second kappa shape index (κ2) is 6.20. The summed E-state index contributed by atoms with van der Waals surface area (Å²) in [6.07, 6.45) is 2.51. The van der Waals surface area contributed by atoms with Crippen molar-refractivity contribution in [1.82, 2.24) is 10.9 Å². The molecule has 1 aromatic rings. The molecule has 0 spiro atoms. The van der Waals surface area contributed by atoms with Crippen LogP contribution in [0.4, 0.5) is 0 Å². The van der Waals surface area contributed by atoms with Gasteiger partial charge in [-0.3, -0.25) is 25.2 Å². The minimum absolute atomic E-state index is 0.0666. The molecule has 0 unspecified atom stereocenters. The number of benzene rings is 1. The van der Waals surface area contributed by atoms with Crippen LogP contribution in [-0.4, -0.2) is 22.9 Å². The van der Waals surface area contributed by atoms with Crippen LogP contribution in [0.15, 0.2) is 24.3 Å². The number of halogens is 1. The molecule has 2 amide bonds. The Hall–Kier alpha value is -2.08. The summed E-state index contributed by atoms with van der Waals surface area (Å²) in [5.41, 5.74) is 5.02. The molecular formula is C16H17ClN2O4. The normalized spacial score (nSPS) is 28.4. The zero-order valence-electron chi connectivity index (χ0n) is 12.3. The number of carbonyl (C=O) groups excluding carboxylic acids is 2. The molecule has 4 atom stereocenters. The second-order valence-electron chi connectivity index (χ2n) is 6.18. The predicted molar refractivity (Wildman–Crippen MR) is 82.5 cm³/mol. The molecule has 6 nitrogen and oxygen atoms in total. The molecule has 3 N–H and O–H groups in total. The number of carbonyl (C=O) groups is 3. The van der Waals surface area contributed by atoms with Gasteiger partial charge in [0.05, 0.1) is 11.8 Å². The summed E-state index contributed by atoms with van der Waals surface area (Å²) in [4.78, 5) is 35.7. The quantitative estimate of drug-likeness (QED) is 0.734. The molecule has 7 heteroatoms. The SMILES string of the molecule is O=C(NNC(=O)[C@H]1[C@H]2CC[C@@H](C2)[C@H]1C(=O)O)c1cccc(Cl)c1. The summed E-state index contributed by atoms with van der Waals surface area (Å²) >= 11 is 5.82. The smallest absolute Gasteiger partial charge is 0.307 e. The van der Waals surface area contributed by atoms with Gasteiger partial charge in [-0.05, 0) is 49.3 Å². The van der Waals surface area contributed by atoms with Gasteiger partial charge in [-0.2, -0.15) is 0 Å². The molecule has 1 aromatic carbocycles. The van der Waals surface area contributed by atoms with Crippen molar-refractivity contribution in [2.75, 3.05) is 0 Å². The van der Waals surface area contributed by atoms with Crippen LogP contribution in [0.25, 0.3) is 0 Å². The van der Waals surface area contributed by atoms with E-state index in [0.29, 0.717) is 10.6 Å². The van der Waals surface area contributed by atoms with Gasteiger partial charge in [0.25, 0.3) is 5.91 Å². The minimum Gasteiger partial charge on any atom is -0.481 e. The summed E-state index contributed by atoms with van der Waals surface area (Å²) < 4.78 is 0. The number of carboxylic acid groups (broad SMARTS) is 1. The molecule has 0 radical (unpaired) electrons. The molecule has 2 aliphatic rings. The largest absolute Gasteiger partial charge is 0.481 e. The van der Waals surface area contributed by atoms with Gasteiger partial charge in [0.1, 0.15) is 0 Å². The Kier molecular flexibility index (Phi) is 4.26. The number of hydrazine groups is 1. The molecule has 122 valence electrons. The Bertz CT molecular complexity index is 663. The van der Waals surface area contributed by atoms with Crippen LogP contribution < -0.4 is 10.9 Å². The molecular weight excluding hydrogens is 320 g/mol. The first-order valence-electron chi connectivity index (χ1n) is 7.56.